The van der Waals surface area contributed by atoms with E-state index in [1.165, 1.54) is 6.07 Å². The van der Waals surface area contributed by atoms with E-state index >= 15 is 0 Å². The average molecular weight is 232 g/mol. The molecule has 0 spiro atoms. The molecule has 0 bridgehead atoms. The fraction of sp³-hybridized carbons (Fsp3) is 0.333. The van der Waals surface area contributed by atoms with E-state index in [-0.39, 0.29) is 5.82 Å². The van der Waals surface area contributed by atoms with Crippen LogP contribution in [0.3, 0.4) is 0 Å². The van der Waals surface area contributed by atoms with Crippen molar-refractivity contribution in [1.82, 2.24) is 5.32 Å². The van der Waals surface area contributed by atoms with Crippen molar-refractivity contribution in [2.45, 2.75) is 13.5 Å². The Morgan fingerprint density at radius 3 is 2.75 bits per heavy atom. The molecule has 0 fully saturated rings. The normalized spacial score (nSPS) is 10.3. The highest BCUT2D eigenvalue weighted by molar-refractivity contribution is 9.10. The third kappa shape index (κ3) is 2.05. The van der Waals surface area contributed by atoms with Crippen molar-refractivity contribution in [3.8, 4) is 0 Å². The number of hydrogen-bond donors (Lipinski definition) is 1. The largest absolute Gasteiger partial charge is 0.316 e. The van der Waals surface area contributed by atoms with Crippen molar-refractivity contribution in [3.05, 3.63) is 33.5 Å². The Balaban J connectivity index is 3.05. The quantitative estimate of drug-likeness (QED) is 0.826. The summed E-state index contributed by atoms with van der Waals surface area (Å²) in [7, 11) is 1.80. The highest BCUT2D eigenvalue weighted by Crippen LogP contribution is 2.20. The summed E-state index contributed by atoms with van der Waals surface area (Å²) >= 11 is 3.27. The predicted octanol–water partition coefficient (Wildman–Crippen LogP) is 2.62. The first kappa shape index (κ1) is 9.68. The summed E-state index contributed by atoms with van der Waals surface area (Å²) in [5, 5.41) is 2.92. The molecular weight excluding hydrogens is 221 g/mol. The zero-order valence-corrected chi connectivity index (χ0v) is 8.70. The Kier molecular flexibility index (Phi) is 3.23. The van der Waals surface area contributed by atoms with Gasteiger partial charge in [0.1, 0.15) is 5.82 Å². The minimum absolute atomic E-state index is 0.165. The molecule has 0 aromatic heterocycles. The molecule has 3 heteroatoms. The number of benzene rings is 1. The Hall–Kier alpha value is -0.410. The van der Waals surface area contributed by atoms with Gasteiger partial charge >= 0.3 is 0 Å². The van der Waals surface area contributed by atoms with E-state index < -0.39 is 0 Å². The number of halogens is 2. The minimum atomic E-state index is -0.165. The average Bonchev–Trinajstić information content (AvgIpc) is 2.01. The van der Waals surface area contributed by atoms with E-state index in [0.29, 0.717) is 12.1 Å². The summed E-state index contributed by atoms with van der Waals surface area (Å²) in [4.78, 5) is 0. The molecule has 0 aliphatic rings. The summed E-state index contributed by atoms with van der Waals surface area (Å²) in [5.74, 6) is -0.165. The van der Waals surface area contributed by atoms with E-state index in [9.17, 15) is 4.39 Å². The molecule has 1 aromatic carbocycles. The SMILES string of the molecule is CNCc1cc(C)c(Br)cc1F. The first-order valence-corrected chi connectivity index (χ1v) is 4.53. The lowest BCUT2D eigenvalue weighted by molar-refractivity contribution is 0.599. The van der Waals surface area contributed by atoms with Crippen LogP contribution in [0.2, 0.25) is 0 Å². The van der Waals surface area contributed by atoms with E-state index in [1.807, 2.05) is 13.0 Å². The Morgan fingerprint density at radius 2 is 2.17 bits per heavy atom. The molecule has 0 radical (unpaired) electrons. The summed E-state index contributed by atoms with van der Waals surface area (Å²) in [6.07, 6.45) is 0. The Labute approximate surface area is 80.1 Å². The van der Waals surface area contributed by atoms with Crippen molar-refractivity contribution >= 4 is 15.9 Å². The van der Waals surface area contributed by atoms with Crippen molar-refractivity contribution in [2.75, 3.05) is 7.05 Å². The molecule has 0 saturated carbocycles. The van der Waals surface area contributed by atoms with Gasteiger partial charge in [0.25, 0.3) is 0 Å². The number of nitrogens with one attached hydrogen (secondary N) is 1. The van der Waals surface area contributed by atoms with Crippen LogP contribution < -0.4 is 5.32 Å². The number of hydrogen-bond acceptors (Lipinski definition) is 1. The van der Waals surface area contributed by atoms with Crippen LogP contribution in [0.15, 0.2) is 16.6 Å². The van der Waals surface area contributed by atoms with Gasteiger partial charge < -0.3 is 5.32 Å². The summed E-state index contributed by atoms with van der Waals surface area (Å²) in [6.45, 7) is 2.52. The van der Waals surface area contributed by atoms with Crippen LogP contribution in [-0.2, 0) is 6.54 Å². The maximum atomic E-state index is 13.1. The van der Waals surface area contributed by atoms with Crippen molar-refractivity contribution in [2.24, 2.45) is 0 Å². The Bertz CT molecular complexity index is 286. The van der Waals surface area contributed by atoms with E-state index in [2.05, 4.69) is 21.2 Å². The van der Waals surface area contributed by atoms with Gasteiger partial charge in [-0.25, -0.2) is 4.39 Å². The van der Waals surface area contributed by atoms with Gasteiger partial charge in [-0.2, -0.15) is 0 Å². The van der Waals surface area contributed by atoms with Crippen LogP contribution in [0, 0.1) is 12.7 Å². The number of rotatable bonds is 2. The molecule has 1 rings (SSSR count). The van der Waals surface area contributed by atoms with Gasteiger partial charge in [0.05, 0.1) is 0 Å². The maximum absolute atomic E-state index is 13.1. The second-order valence-electron chi connectivity index (χ2n) is 2.72. The molecule has 0 aliphatic carbocycles. The van der Waals surface area contributed by atoms with Crippen LogP contribution in [0.4, 0.5) is 4.39 Å². The topological polar surface area (TPSA) is 12.0 Å². The Morgan fingerprint density at radius 1 is 1.50 bits per heavy atom. The van der Waals surface area contributed by atoms with E-state index in [4.69, 9.17) is 0 Å². The molecule has 12 heavy (non-hydrogen) atoms. The fourth-order valence-corrected chi connectivity index (χ4v) is 1.36. The van der Waals surface area contributed by atoms with Crippen LogP contribution in [0.5, 0.6) is 0 Å². The van der Waals surface area contributed by atoms with Gasteiger partial charge in [-0.15, -0.1) is 0 Å². The highest BCUT2D eigenvalue weighted by atomic mass is 79.9. The van der Waals surface area contributed by atoms with Gasteiger partial charge in [-0.05, 0) is 25.6 Å². The van der Waals surface area contributed by atoms with Crippen LogP contribution in [0.25, 0.3) is 0 Å². The zero-order valence-electron chi connectivity index (χ0n) is 7.12. The lowest BCUT2D eigenvalue weighted by atomic mass is 10.1. The third-order valence-corrected chi connectivity index (χ3v) is 2.55. The highest BCUT2D eigenvalue weighted by Gasteiger charge is 2.03. The molecule has 0 unspecified atom stereocenters. The molecular formula is C9H11BrFN. The van der Waals surface area contributed by atoms with E-state index in [1.54, 1.807) is 7.05 Å². The third-order valence-electron chi connectivity index (χ3n) is 1.69. The molecule has 0 aliphatic heterocycles. The molecule has 1 N–H and O–H groups in total. The summed E-state index contributed by atoms with van der Waals surface area (Å²) in [5.41, 5.74) is 1.76. The van der Waals surface area contributed by atoms with Gasteiger partial charge in [-0.3, -0.25) is 0 Å². The molecule has 1 aromatic rings. The first-order chi connectivity index (χ1) is 5.65. The van der Waals surface area contributed by atoms with Crippen LogP contribution in [-0.4, -0.2) is 7.05 Å². The van der Waals surface area contributed by atoms with Gasteiger partial charge in [0.2, 0.25) is 0 Å². The second kappa shape index (κ2) is 4.01. The molecule has 66 valence electrons. The van der Waals surface area contributed by atoms with Gasteiger partial charge in [0.15, 0.2) is 0 Å². The minimum Gasteiger partial charge on any atom is -0.316 e. The smallest absolute Gasteiger partial charge is 0.128 e. The summed E-state index contributed by atoms with van der Waals surface area (Å²) < 4.78 is 14.0. The fourth-order valence-electron chi connectivity index (χ4n) is 1.04. The molecule has 0 saturated heterocycles. The predicted molar refractivity (Wildman–Crippen MR) is 51.6 cm³/mol. The van der Waals surface area contributed by atoms with E-state index in [0.717, 1.165) is 10.0 Å². The lowest BCUT2D eigenvalue weighted by Gasteiger charge is -2.05. The summed E-state index contributed by atoms with van der Waals surface area (Å²) in [6, 6.07) is 3.35. The van der Waals surface area contributed by atoms with Crippen molar-refractivity contribution in [1.29, 1.82) is 0 Å². The molecule has 0 amide bonds. The van der Waals surface area contributed by atoms with Crippen LogP contribution in [0.1, 0.15) is 11.1 Å². The standard InChI is InChI=1S/C9H11BrFN/c1-6-3-7(5-12-2)9(11)4-8(6)10/h3-4,12H,5H2,1-2H3. The molecule has 0 heterocycles. The monoisotopic (exact) mass is 231 g/mol. The lowest BCUT2D eigenvalue weighted by Crippen LogP contribution is -2.07. The first-order valence-electron chi connectivity index (χ1n) is 3.74. The van der Waals surface area contributed by atoms with Crippen molar-refractivity contribution < 1.29 is 4.39 Å². The second-order valence-corrected chi connectivity index (χ2v) is 3.58. The molecule has 0 atom stereocenters. The van der Waals surface area contributed by atoms with Gasteiger partial charge in [0, 0.05) is 16.6 Å². The number of aryl methyl sites for hydroxylation is 1. The van der Waals surface area contributed by atoms with Crippen LogP contribution >= 0.6 is 15.9 Å². The zero-order chi connectivity index (χ0) is 9.14. The van der Waals surface area contributed by atoms with Gasteiger partial charge in [-0.1, -0.05) is 22.0 Å². The molecule has 1 nitrogen and oxygen atoms in total. The van der Waals surface area contributed by atoms with Crippen molar-refractivity contribution in [3.63, 3.8) is 0 Å². The maximum Gasteiger partial charge on any atom is 0.128 e.